The molecule has 1 rings (SSSR count). The van der Waals surface area contributed by atoms with Gasteiger partial charge in [-0.25, -0.2) is 9.97 Å². The summed E-state index contributed by atoms with van der Waals surface area (Å²) in [4.78, 5) is 7.99. The van der Waals surface area contributed by atoms with Crippen molar-refractivity contribution in [1.82, 2.24) is 9.97 Å². The lowest BCUT2D eigenvalue weighted by atomic mass is 10.1. The minimum absolute atomic E-state index is 0.420. The van der Waals surface area contributed by atoms with Crippen molar-refractivity contribution < 1.29 is 3.07 Å². The van der Waals surface area contributed by atoms with E-state index in [9.17, 15) is 0 Å². The highest BCUT2D eigenvalue weighted by Gasteiger charge is 2.02. The fourth-order valence-corrected chi connectivity index (χ4v) is 0.952. The number of nitrogens with zero attached hydrogens (tertiary/aromatic N) is 2. The van der Waals surface area contributed by atoms with E-state index in [0.717, 1.165) is 5.69 Å². The Bertz CT molecular complexity index is 240. The molecule has 60 valence electrons. The minimum Gasteiger partial charge on any atom is -0.408 e. The minimum atomic E-state index is 0.420. The summed E-state index contributed by atoms with van der Waals surface area (Å²) in [5, 5.41) is 0. The van der Waals surface area contributed by atoms with Crippen LogP contribution in [0.3, 0.4) is 0 Å². The van der Waals surface area contributed by atoms with E-state index in [2.05, 4.69) is 23.8 Å². The summed E-state index contributed by atoms with van der Waals surface area (Å²) in [5.41, 5.74) is 1.01. The molecule has 0 spiro atoms. The standard InChI is InChI=1S/C7H9IN2O/c1-5(2)6-3-7(11-8)10-4-9-6/h3-5H,1-2H3. The van der Waals surface area contributed by atoms with Crippen LogP contribution in [0, 0.1) is 0 Å². The molecule has 4 heteroatoms. The molecule has 0 unspecified atom stereocenters. The summed E-state index contributed by atoms with van der Waals surface area (Å²) in [6, 6.07) is 1.84. The van der Waals surface area contributed by atoms with Crippen LogP contribution in [0.15, 0.2) is 12.4 Å². The molecule has 0 atom stereocenters. The lowest BCUT2D eigenvalue weighted by Gasteiger charge is -2.03. The fourth-order valence-electron chi connectivity index (χ4n) is 0.711. The SMILES string of the molecule is CC(C)c1cc(OI)ncn1. The van der Waals surface area contributed by atoms with E-state index in [4.69, 9.17) is 3.07 Å². The van der Waals surface area contributed by atoms with Crippen LogP contribution < -0.4 is 3.07 Å². The summed E-state index contributed by atoms with van der Waals surface area (Å²) < 4.78 is 4.92. The molecule has 0 aromatic carbocycles. The second kappa shape index (κ2) is 3.85. The molecular weight excluding hydrogens is 255 g/mol. The quantitative estimate of drug-likeness (QED) is 0.769. The van der Waals surface area contributed by atoms with Gasteiger partial charge in [0.2, 0.25) is 5.88 Å². The van der Waals surface area contributed by atoms with Crippen LogP contribution >= 0.6 is 23.0 Å². The molecule has 0 radical (unpaired) electrons. The summed E-state index contributed by atoms with van der Waals surface area (Å²) in [6.07, 6.45) is 1.52. The normalized spacial score (nSPS) is 10.2. The van der Waals surface area contributed by atoms with Gasteiger partial charge in [-0.05, 0) is 5.92 Å². The second-order valence-corrected chi connectivity index (χ2v) is 2.95. The molecule has 1 aromatic rings. The van der Waals surface area contributed by atoms with Crippen LogP contribution in [0.1, 0.15) is 25.5 Å². The first-order valence-electron chi connectivity index (χ1n) is 3.34. The van der Waals surface area contributed by atoms with Crippen LogP contribution in [0.25, 0.3) is 0 Å². The molecule has 0 saturated carbocycles. The summed E-state index contributed by atoms with van der Waals surface area (Å²) in [7, 11) is 0. The molecule has 0 N–H and O–H groups in total. The first-order valence-corrected chi connectivity index (χ1v) is 4.22. The molecule has 0 bridgehead atoms. The maximum absolute atomic E-state index is 4.92. The number of hydrogen-bond donors (Lipinski definition) is 0. The van der Waals surface area contributed by atoms with Gasteiger partial charge in [0.05, 0.1) is 5.69 Å². The van der Waals surface area contributed by atoms with Gasteiger partial charge in [-0.3, -0.25) is 0 Å². The van der Waals surface area contributed by atoms with Gasteiger partial charge < -0.3 is 3.07 Å². The van der Waals surface area contributed by atoms with Gasteiger partial charge in [0, 0.05) is 6.07 Å². The first kappa shape index (κ1) is 8.70. The molecule has 3 nitrogen and oxygen atoms in total. The van der Waals surface area contributed by atoms with Gasteiger partial charge in [-0.1, -0.05) is 13.8 Å². The molecular formula is C7H9IN2O. The maximum Gasteiger partial charge on any atom is 0.227 e. The third-order valence-corrected chi connectivity index (χ3v) is 1.78. The predicted octanol–water partition coefficient (Wildman–Crippen LogP) is 2.33. The Labute approximate surface area is 79.9 Å². The van der Waals surface area contributed by atoms with Crippen molar-refractivity contribution >= 4 is 23.0 Å². The Morgan fingerprint density at radius 2 is 2.18 bits per heavy atom. The first-order chi connectivity index (χ1) is 5.24. The van der Waals surface area contributed by atoms with Crippen LogP contribution in [0.2, 0.25) is 0 Å². The number of hydrogen-bond acceptors (Lipinski definition) is 3. The van der Waals surface area contributed by atoms with Crippen LogP contribution in [0.4, 0.5) is 0 Å². The van der Waals surface area contributed by atoms with Gasteiger partial charge in [0.25, 0.3) is 0 Å². The van der Waals surface area contributed by atoms with Crippen LogP contribution in [0.5, 0.6) is 5.88 Å². The van der Waals surface area contributed by atoms with E-state index in [1.807, 2.05) is 6.07 Å². The molecule has 1 heterocycles. The monoisotopic (exact) mass is 264 g/mol. The van der Waals surface area contributed by atoms with Gasteiger partial charge in [-0.15, -0.1) is 0 Å². The van der Waals surface area contributed by atoms with E-state index in [0.29, 0.717) is 11.8 Å². The zero-order valence-corrected chi connectivity index (χ0v) is 8.57. The van der Waals surface area contributed by atoms with E-state index in [-0.39, 0.29) is 0 Å². The van der Waals surface area contributed by atoms with E-state index in [1.54, 1.807) is 23.0 Å². The average molecular weight is 264 g/mol. The van der Waals surface area contributed by atoms with Gasteiger partial charge >= 0.3 is 0 Å². The molecule has 0 aliphatic carbocycles. The maximum atomic E-state index is 4.92. The van der Waals surface area contributed by atoms with Crippen LogP contribution in [-0.4, -0.2) is 9.97 Å². The van der Waals surface area contributed by atoms with Crippen LogP contribution in [-0.2, 0) is 0 Å². The van der Waals surface area contributed by atoms with Crippen molar-refractivity contribution in [1.29, 1.82) is 0 Å². The summed E-state index contributed by atoms with van der Waals surface area (Å²) >= 11 is 1.80. The molecule has 11 heavy (non-hydrogen) atoms. The molecule has 0 saturated heterocycles. The van der Waals surface area contributed by atoms with Crippen molar-refractivity contribution in [2.24, 2.45) is 0 Å². The third kappa shape index (κ3) is 2.28. The zero-order chi connectivity index (χ0) is 8.27. The van der Waals surface area contributed by atoms with E-state index < -0.39 is 0 Å². The lowest BCUT2D eigenvalue weighted by molar-refractivity contribution is 0.665. The smallest absolute Gasteiger partial charge is 0.227 e. The Hall–Kier alpha value is -0.390. The average Bonchev–Trinajstić information content (AvgIpc) is 2.05. The topological polar surface area (TPSA) is 35.0 Å². The molecule has 1 aromatic heterocycles. The fraction of sp³-hybridized carbons (Fsp3) is 0.429. The van der Waals surface area contributed by atoms with Crippen molar-refractivity contribution in [3.8, 4) is 5.88 Å². The van der Waals surface area contributed by atoms with Gasteiger partial charge in [0.1, 0.15) is 6.33 Å². The summed E-state index contributed by atoms with van der Waals surface area (Å²) in [6.45, 7) is 4.17. The molecule has 0 aliphatic heterocycles. The Morgan fingerprint density at radius 1 is 1.45 bits per heavy atom. The molecule has 0 aliphatic rings. The summed E-state index contributed by atoms with van der Waals surface area (Å²) in [5.74, 6) is 1.03. The zero-order valence-electron chi connectivity index (χ0n) is 6.41. The highest BCUT2D eigenvalue weighted by molar-refractivity contribution is 14.1. The van der Waals surface area contributed by atoms with Crippen molar-refractivity contribution in [2.75, 3.05) is 0 Å². The van der Waals surface area contributed by atoms with Gasteiger partial charge in [0.15, 0.2) is 23.0 Å². The number of rotatable bonds is 2. The Morgan fingerprint density at radius 3 is 2.73 bits per heavy atom. The highest BCUT2D eigenvalue weighted by Crippen LogP contribution is 2.15. The Kier molecular flexibility index (Phi) is 3.04. The van der Waals surface area contributed by atoms with Crippen molar-refractivity contribution in [3.63, 3.8) is 0 Å². The largest absolute Gasteiger partial charge is 0.408 e. The van der Waals surface area contributed by atoms with E-state index >= 15 is 0 Å². The Balaban J connectivity index is 2.91. The molecule has 0 fully saturated rings. The van der Waals surface area contributed by atoms with Crippen molar-refractivity contribution in [3.05, 3.63) is 18.1 Å². The number of aromatic nitrogens is 2. The predicted molar refractivity (Wildman–Crippen MR) is 50.8 cm³/mol. The highest BCUT2D eigenvalue weighted by atomic mass is 127. The molecule has 0 amide bonds. The lowest BCUT2D eigenvalue weighted by Crippen LogP contribution is -1.93. The van der Waals surface area contributed by atoms with Crippen molar-refractivity contribution in [2.45, 2.75) is 19.8 Å². The number of halogens is 1. The van der Waals surface area contributed by atoms with E-state index in [1.165, 1.54) is 6.33 Å². The third-order valence-electron chi connectivity index (χ3n) is 1.33. The van der Waals surface area contributed by atoms with Gasteiger partial charge in [-0.2, -0.15) is 0 Å². The second-order valence-electron chi connectivity index (χ2n) is 2.51.